The second-order valence-corrected chi connectivity index (χ2v) is 17.2. The molecule has 0 heterocycles. The van der Waals surface area contributed by atoms with E-state index in [1.165, 1.54) is 77.0 Å². The zero-order valence-corrected chi connectivity index (χ0v) is 42.4. The number of ether oxygens (including phenoxy) is 3. The number of rotatable bonds is 46. The molecule has 0 aliphatic carbocycles. The lowest BCUT2D eigenvalue weighted by Crippen LogP contribution is -2.30. The van der Waals surface area contributed by atoms with E-state index in [-0.39, 0.29) is 37.5 Å². The lowest BCUT2D eigenvalue weighted by Gasteiger charge is -2.18. The third kappa shape index (κ3) is 50.8. The van der Waals surface area contributed by atoms with Crippen molar-refractivity contribution in [1.82, 2.24) is 0 Å². The molecule has 0 fully saturated rings. The molecule has 0 bridgehead atoms. The maximum absolute atomic E-state index is 12.8. The minimum atomic E-state index is -0.815. The minimum Gasteiger partial charge on any atom is -0.462 e. The summed E-state index contributed by atoms with van der Waals surface area (Å²) >= 11 is 0. The summed E-state index contributed by atoms with van der Waals surface area (Å²) in [7, 11) is 0. The Morgan fingerprint density at radius 1 is 0.318 bits per heavy atom. The molecule has 0 aliphatic rings. The highest BCUT2D eigenvalue weighted by Gasteiger charge is 2.19. The summed E-state index contributed by atoms with van der Waals surface area (Å²) < 4.78 is 16.8. The van der Waals surface area contributed by atoms with Gasteiger partial charge in [-0.1, -0.05) is 239 Å². The number of hydrogen-bond donors (Lipinski definition) is 0. The Labute approximate surface area is 405 Å². The molecule has 0 radical (unpaired) electrons. The molecule has 1 atom stereocenters. The summed E-state index contributed by atoms with van der Waals surface area (Å²) in [5.41, 5.74) is 0. The molecule has 6 nitrogen and oxygen atoms in total. The highest BCUT2D eigenvalue weighted by Crippen LogP contribution is 2.13. The van der Waals surface area contributed by atoms with Gasteiger partial charge in [0.05, 0.1) is 0 Å². The van der Waals surface area contributed by atoms with Crippen LogP contribution in [0.15, 0.2) is 122 Å². The smallest absolute Gasteiger partial charge is 0.306 e. The molecule has 372 valence electrons. The van der Waals surface area contributed by atoms with E-state index in [0.29, 0.717) is 19.3 Å². The van der Waals surface area contributed by atoms with Crippen molar-refractivity contribution in [3.05, 3.63) is 122 Å². The lowest BCUT2D eigenvalue weighted by atomic mass is 10.1. The fourth-order valence-electron chi connectivity index (χ4n) is 6.92. The van der Waals surface area contributed by atoms with Gasteiger partial charge in [0, 0.05) is 19.3 Å². The first-order valence-corrected chi connectivity index (χ1v) is 26.7. The van der Waals surface area contributed by atoms with Crippen molar-refractivity contribution < 1.29 is 28.6 Å². The number of carbonyl (C=O) groups is 3. The van der Waals surface area contributed by atoms with Gasteiger partial charge in [0.25, 0.3) is 0 Å². The average molecular weight is 913 g/mol. The Hall–Kier alpha value is -4.19. The molecule has 6 heteroatoms. The first kappa shape index (κ1) is 61.8. The van der Waals surface area contributed by atoms with Crippen LogP contribution in [0, 0.1) is 0 Å². The van der Waals surface area contributed by atoms with E-state index in [1.807, 2.05) is 48.6 Å². The van der Waals surface area contributed by atoms with Gasteiger partial charge in [0.15, 0.2) is 6.10 Å². The maximum Gasteiger partial charge on any atom is 0.306 e. The largest absolute Gasteiger partial charge is 0.462 e. The van der Waals surface area contributed by atoms with Gasteiger partial charge in [0.1, 0.15) is 13.2 Å². The maximum atomic E-state index is 12.8. The summed E-state index contributed by atoms with van der Waals surface area (Å²) in [5, 5.41) is 0. The van der Waals surface area contributed by atoms with Gasteiger partial charge in [-0.15, -0.1) is 0 Å². The molecule has 1 unspecified atom stereocenters. The SMILES string of the molecule is CC\C=C/C=C\C=C/C=C\C=C/CCCCCC(=O)OC(COC(=O)CCCCCCC/C=C\C=C/CCCCCCCCC)COC(=O)CCCCCCCCC\C=C/C=C\C=C/CC. The fraction of sp³-hybridized carbons (Fsp3) is 0.617. The van der Waals surface area contributed by atoms with E-state index in [0.717, 1.165) is 96.3 Å². The Morgan fingerprint density at radius 3 is 0.955 bits per heavy atom. The van der Waals surface area contributed by atoms with Gasteiger partial charge in [-0.2, -0.15) is 0 Å². The molecule has 0 saturated heterocycles. The first-order valence-electron chi connectivity index (χ1n) is 26.7. The molecule has 0 saturated carbocycles. The summed E-state index contributed by atoms with van der Waals surface area (Å²) in [6.45, 7) is 6.29. The van der Waals surface area contributed by atoms with Crippen molar-refractivity contribution in [1.29, 1.82) is 0 Å². The standard InChI is InChI=1S/C60H96O6/c1-4-7-10-13-16-19-22-25-28-29-30-33-35-38-41-44-47-50-53-59(62)65-56-57(66-60(63)54-51-48-45-42-39-36-32-27-24-21-18-15-12-9-6-3)55-64-58(61)52-49-46-43-40-37-34-31-26-23-20-17-14-11-8-5-2/h8-9,11-12,14-15,17-18,20-21,23-24,27-30,32-33,36,39,57H,4-7,10,13,16,19,22,25-26,31,34-35,37-38,40-56H2,1-3H3/b11-8-,12-9-,17-14-,18-15-,23-20-,24-21-,29-28-,32-27-,33-30-,39-36-. The van der Waals surface area contributed by atoms with E-state index in [2.05, 4.69) is 93.7 Å². The summed E-state index contributed by atoms with van der Waals surface area (Å²) in [6.07, 6.45) is 73.2. The zero-order chi connectivity index (χ0) is 47.9. The second-order valence-electron chi connectivity index (χ2n) is 17.2. The molecular weight excluding hydrogens is 817 g/mol. The lowest BCUT2D eigenvalue weighted by molar-refractivity contribution is -0.167. The van der Waals surface area contributed by atoms with E-state index in [1.54, 1.807) is 0 Å². The monoisotopic (exact) mass is 913 g/mol. The molecular formula is C60H96O6. The van der Waals surface area contributed by atoms with Crippen molar-refractivity contribution in [2.75, 3.05) is 13.2 Å². The Morgan fingerprint density at radius 2 is 0.591 bits per heavy atom. The van der Waals surface area contributed by atoms with E-state index in [4.69, 9.17) is 14.2 Å². The molecule has 0 aliphatic heterocycles. The molecule has 0 rings (SSSR count). The molecule has 66 heavy (non-hydrogen) atoms. The Kier molecular flexibility index (Phi) is 50.0. The number of allylic oxidation sites excluding steroid dienone is 20. The third-order valence-electron chi connectivity index (χ3n) is 10.9. The van der Waals surface area contributed by atoms with Crippen LogP contribution in [0.25, 0.3) is 0 Å². The van der Waals surface area contributed by atoms with Gasteiger partial charge in [-0.3, -0.25) is 14.4 Å². The fourth-order valence-corrected chi connectivity index (χ4v) is 6.92. The predicted molar refractivity (Wildman–Crippen MR) is 283 cm³/mol. The molecule has 0 amide bonds. The minimum absolute atomic E-state index is 0.110. The zero-order valence-electron chi connectivity index (χ0n) is 42.4. The van der Waals surface area contributed by atoms with Crippen molar-refractivity contribution >= 4 is 17.9 Å². The van der Waals surface area contributed by atoms with Crippen LogP contribution < -0.4 is 0 Å². The van der Waals surface area contributed by atoms with E-state index in [9.17, 15) is 14.4 Å². The Bertz CT molecular complexity index is 1420. The molecule has 0 aromatic carbocycles. The van der Waals surface area contributed by atoms with Crippen LogP contribution in [-0.4, -0.2) is 37.2 Å². The van der Waals surface area contributed by atoms with Crippen molar-refractivity contribution in [2.24, 2.45) is 0 Å². The van der Waals surface area contributed by atoms with Crippen molar-refractivity contribution in [2.45, 2.75) is 226 Å². The highest BCUT2D eigenvalue weighted by atomic mass is 16.6. The Balaban J connectivity index is 4.52. The first-order chi connectivity index (χ1) is 32.5. The molecule has 0 aromatic heterocycles. The van der Waals surface area contributed by atoms with Gasteiger partial charge in [-0.25, -0.2) is 0 Å². The molecule has 0 aromatic rings. The summed E-state index contributed by atoms with van der Waals surface area (Å²) in [6, 6.07) is 0. The number of carbonyl (C=O) groups excluding carboxylic acids is 3. The predicted octanol–water partition coefficient (Wildman–Crippen LogP) is 17.7. The average Bonchev–Trinajstić information content (AvgIpc) is 3.31. The highest BCUT2D eigenvalue weighted by molar-refractivity contribution is 5.71. The topological polar surface area (TPSA) is 78.9 Å². The van der Waals surface area contributed by atoms with Crippen LogP contribution in [-0.2, 0) is 28.6 Å². The van der Waals surface area contributed by atoms with Crippen molar-refractivity contribution in [3.8, 4) is 0 Å². The normalized spacial score (nSPS) is 13.1. The van der Waals surface area contributed by atoms with Crippen LogP contribution in [0.2, 0.25) is 0 Å². The third-order valence-corrected chi connectivity index (χ3v) is 10.9. The van der Waals surface area contributed by atoms with Crippen molar-refractivity contribution in [3.63, 3.8) is 0 Å². The molecule has 0 spiro atoms. The van der Waals surface area contributed by atoms with E-state index >= 15 is 0 Å². The van der Waals surface area contributed by atoms with Gasteiger partial charge in [-0.05, 0) is 83.5 Å². The quantitative estimate of drug-likeness (QED) is 0.0262. The number of esters is 3. The summed E-state index contributed by atoms with van der Waals surface area (Å²) in [5.74, 6) is -0.985. The van der Waals surface area contributed by atoms with Crippen LogP contribution >= 0.6 is 0 Å². The van der Waals surface area contributed by atoms with E-state index < -0.39 is 6.10 Å². The second kappa shape index (κ2) is 53.4. The van der Waals surface area contributed by atoms with Crippen LogP contribution in [0.3, 0.4) is 0 Å². The van der Waals surface area contributed by atoms with Crippen LogP contribution in [0.5, 0.6) is 0 Å². The molecule has 0 N–H and O–H groups in total. The van der Waals surface area contributed by atoms with Gasteiger partial charge < -0.3 is 14.2 Å². The van der Waals surface area contributed by atoms with Gasteiger partial charge >= 0.3 is 17.9 Å². The van der Waals surface area contributed by atoms with Crippen LogP contribution in [0.4, 0.5) is 0 Å². The summed E-state index contributed by atoms with van der Waals surface area (Å²) in [4.78, 5) is 38.0. The van der Waals surface area contributed by atoms with Gasteiger partial charge in [0.2, 0.25) is 0 Å². The van der Waals surface area contributed by atoms with Crippen LogP contribution in [0.1, 0.15) is 220 Å². The number of hydrogen-bond acceptors (Lipinski definition) is 6. The number of unbranched alkanes of at least 4 members (excludes halogenated alkanes) is 22.